The quantitative estimate of drug-likeness (QED) is 0.768. The van der Waals surface area contributed by atoms with Crippen molar-refractivity contribution in [1.29, 1.82) is 0 Å². The highest BCUT2D eigenvalue weighted by Crippen LogP contribution is 2.37. The second kappa shape index (κ2) is 5.32. The lowest BCUT2D eigenvalue weighted by molar-refractivity contribution is 0.412. The number of nitrogens with zero attached hydrogens (tertiary/aromatic N) is 1. The molecule has 0 spiro atoms. The highest BCUT2D eigenvalue weighted by atomic mass is 16.5. The highest BCUT2D eigenvalue weighted by molar-refractivity contribution is 5.83. The van der Waals surface area contributed by atoms with Crippen LogP contribution >= 0.6 is 0 Å². The number of nitrogens with one attached hydrogen (secondary N) is 1. The number of phenolic OH excluding ortho intramolecular Hbond substituents is 1. The average Bonchev–Trinajstić information content (AvgIpc) is 2.98. The fraction of sp³-hybridized carbons (Fsp3) is 0.118. The summed E-state index contributed by atoms with van der Waals surface area (Å²) in [5, 5.41) is 17.2. The topological polar surface area (TPSA) is 58.1 Å². The van der Waals surface area contributed by atoms with Gasteiger partial charge in [0.05, 0.1) is 19.0 Å². The normalized spacial score (nSPS) is 10.6. The van der Waals surface area contributed by atoms with E-state index in [1.807, 2.05) is 31.2 Å². The molecule has 0 amide bonds. The summed E-state index contributed by atoms with van der Waals surface area (Å²) in [4.78, 5) is 0. The smallest absolute Gasteiger partial charge is 0.123 e. The van der Waals surface area contributed by atoms with E-state index in [0.29, 0.717) is 11.3 Å². The molecule has 2 N–H and O–H groups in total. The number of aromatic amines is 1. The lowest BCUT2D eigenvalue weighted by atomic mass is 10.00. The van der Waals surface area contributed by atoms with Crippen LogP contribution in [0.1, 0.15) is 5.56 Å². The molecular weight excluding hydrogens is 264 g/mol. The third kappa shape index (κ3) is 2.48. The van der Waals surface area contributed by atoms with Gasteiger partial charge in [0.15, 0.2) is 0 Å². The molecule has 1 aromatic heterocycles. The third-order valence-electron chi connectivity index (χ3n) is 3.47. The van der Waals surface area contributed by atoms with Crippen LogP contribution in [0.15, 0.2) is 48.7 Å². The molecule has 0 saturated carbocycles. The van der Waals surface area contributed by atoms with Crippen molar-refractivity contribution in [2.45, 2.75) is 6.92 Å². The van der Waals surface area contributed by atoms with Crippen LogP contribution < -0.4 is 4.74 Å². The molecule has 0 saturated heterocycles. The maximum Gasteiger partial charge on any atom is 0.123 e. The van der Waals surface area contributed by atoms with Gasteiger partial charge in [-0.15, -0.1) is 0 Å². The number of aromatic nitrogens is 2. The van der Waals surface area contributed by atoms with Gasteiger partial charge in [-0.3, -0.25) is 5.10 Å². The van der Waals surface area contributed by atoms with E-state index in [1.165, 1.54) is 5.56 Å². The number of H-pyrrole nitrogens is 1. The first-order valence-corrected chi connectivity index (χ1v) is 6.67. The molecule has 0 aliphatic rings. The molecule has 1 heterocycles. The van der Waals surface area contributed by atoms with Crippen molar-refractivity contribution in [3.05, 3.63) is 54.2 Å². The monoisotopic (exact) mass is 280 g/mol. The Labute approximate surface area is 123 Å². The van der Waals surface area contributed by atoms with Crippen molar-refractivity contribution < 1.29 is 9.84 Å². The molecule has 0 bridgehead atoms. The maximum absolute atomic E-state index is 10.1. The lowest BCUT2D eigenvalue weighted by Crippen LogP contribution is -1.87. The van der Waals surface area contributed by atoms with E-state index in [4.69, 9.17) is 4.74 Å². The van der Waals surface area contributed by atoms with Gasteiger partial charge in [-0.25, -0.2) is 0 Å². The van der Waals surface area contributed by atoms with Gasteiger partial charge in [0.1, 0.15) is 11.5 Å². The predicted molar refractivity (Wildman–Crippen MR) is 82.4 cm³/mol. The summed E-state index contributed by atoms with van der Waals surface area (Å²) in [6.07, 6.45) is 1.71. The Bertz CT molecular complexity index is 761. The first-order chi connectivity index (χ1) is 10.2. The summed E-state index contributed by atoms with van der Waals surface area (Å²) < 4.78 is 5.23. The van der Waals surface area contributed by atoms with Crippen LogP contribution in [0.5, 0.6) is 11.5 Å². The van der Waals surface area contributed by atoms with E-state index < -0.39 is 0 Å². The molecule has 0 unspecified atom stereocenters. The van der Waals surface area contributed by atoms with Crippen LogP contribution in [0.2, 0.25) is 0 Å². The molecule has 0 fully saturated rings. The van der Waals surface area contributed by atoms with E-state index in [2.05, 4.69) is 10.2 Å². The first kappa shape index (κ1) is 13.2. The number of aryl methyl sites for hydroxylation is 1. The van der Waals surface area contributed by atoms with Crippen LogP contribution in [0, 0.1) is 6.92 Å². The Morgan fingerprint density at radius 1 is 1.05 bits per heavy atom. The Morgan fingerprint density at radius 2 is 1.81 bits per heavy atom. The molecule has 0 aliphatic heterocycles. The largest absolute Gasteiger partial charge is 0.507 e. The van der Waals surface area contributed by atoms with Gasteiger partial charge in [-0.2, -0.15) is 5.10 Å². The van der Waals surface area contributed by atoms with Gasteiger partial charge >= 0.3 is 0 Å². The van der Waals surface area contributed by atoms with Crippen molar-refractivity contribution in [2.24, 2.45) is 0 Å². The maximum atomic E-state index is 10.1. The van der Waals surface area contributed by atoms with Crippen LogP contribution in [-0.4, -0.2) is 22.4 Å². The van der Waals surface area contributed by atoms with E-state index in [0.717, 1.165) is 16.8 Å². The minimum atomic E-state index is 0.200. The Balaban J connectivity index is 2.13. The van der Waals surface area contributed by atoms with Crippen LogP contribution in [0.4, 0.5) is 0 Å². The van der Waals surface area contributed by atoms with Crippen LogP contribution in [0.25, 0.3) is 22.4 Å². The fourth-order valence-electron chi connectivity index (χ4n) is 2.29. The first-order valence-electron chi connectivity index (χ1n) is 6.67. The molecule has 3 aromatic rings. The minimum absolute atomic E-state index is 0.200. The van der Waals surface area contributed by atoms with Crippen LogP contribution in [0.3, 0.4) is 0 Å². The van der Waals surface area contributed by atoms with Gasteiger partial charge in [-0.1, -0.05) is 29.8 Å². The molecule has 0 radical (unpaired) electrons. The van der Waals surface area contributed by atoms with Gasteiger partial charge in [0, 0.05) is 16.7 Å². The van der Waals surface area contributed by atoms with Crippen molar-refractivity contribution in [3.63, 3.8) is 0 Å². The number of phenols is 1. The van der Waals surface area contributed by atoms with E-state index in [9.17, 15) is 5.11 Å². The summed E-state index contributed by atoms with van der Waals surface area (Å²) >= 11 is 0. The van der Waals surface area contributed by atoms with E-state index in [-0.39, 0.29) is 5.75 Å². The minimum Gasteiger partial charge on any atom is -0.507 e. The Kier molecular flexibility index (Phi) is 3.36. The summed E-state index contributed by atoms with van der Waals surface area (Å²) in [5.41, 5.74) is 4.63. The molecule has 2 aromatic carbocycles. The summed E-state index contributed by atoms with van der Waals surface area (Å²) in [5.74, 6) is 0.893. The molecule has 4 heteroatoms. The SMILES string of the molecule is COc1ccc(O)c(-c2cn[nH]c2-c2ccc(C)cc2)c1. The highest BCUT2D eigenvalue weighted by Gasteiger charge is 2.14. The van der Waals surface area contributed by atoms with Crippen LogP contribution in [-0.2, 0) is 0 Å². The predicted octanol–water partition coefficient (Wildman–Crippen LogP) is 3.77. The number of benzene rings is 2. The number of aromatic hydroxyl groups is 1. The van der Waals surface area contributed by atoms with Gasteiger partial charge < -0.3 is 9.84 Å². The molecule has 21 heavy (non-hydrogen) atoms. The molecule has 0 aliphatic carbocycles. The third-order valence-corrected chi connectivity index (χ3v) is 3.47. The number of hydrogen-bond acceptors (Lipinski definition) is 3. The zero-order valence-electron chi connectivity index (χ0n) is 11.9. The fourth-order valence-corrected chi connectivity index (χ4v) is 2.29. The Morgan fingerprint density at radius 3 is 2.52 bits per heavy atom. The number of rotatable bonds is 3. The van der Waals surface area contributed by atoms with Gasteiger partial charge in [0.2, 0.25) is 0 Å². The van der Waals surface area contributed by atoms with Crippen molar-refractivity contribution in [2.75, 3.05) is 7.11 Å². The lowest BCUT2D eigenvalue weighted by Gasteiger charge is -2.08. The van der Waals surface area contributed by atoms with Crippen molar-refractivity contribution >= 4 is 0 Å². The van der Waals surface area contributed by atoms with E-state index >= 15 is 0 Å². The molecule has 4 nitrogen and oxygen atoms in total. The van der Waals surface area contributed by atoms with Gasteiger partial charge in [-0.05, 0) is 25.1 Å². The zero-order valence-corrected chi connectivity index (χ0v) is 11.9. The second-order valence-corrected chi connectivity index (χ2v) is 4.91. The standard InChI is InChI=1S/C17H16N2O2/c1-11-3-5-12(6-4-11)17-15(10-18-19-17)14-9-13(21-2)7-8-16(14)20/h3-10,20H,1-2H3,(H,18,19). The van der Waals surface area contributed by atoms with Gasteiger partial charge in [0.25, 0.3) is 0 Å². The summed E-state index contributed by atoms with van der Waals surface area (Å²) in [6.45, 7) is 2.05. The molecular formula is C17H16N2O2. The van der Waals surface area contributed by atoms with Crippen molar-refractivity contribution in [1.82, 2.24) is 10.2 Å². The van der Waals surface area contributed by atoms with E-state index in [1.54, 1.807) is 31.5 Å². The number of hydrogen-bond donors (Lipinski definition) is 2. The van der Waals surface area contributed by atoms with Crippen molar-refractivity contribution in [3.8, 4) is 33.9 Å². The second-order valence-electron chi connectivity index (χ2n) is 4.91. The number of methoxy groups -OCH3 is 1. The Hall–Kier alpha value is -2.75. The zero-order chi connectivity index (χ0) is 14.8. The summed E-state index contributed by atoms with van der Waals surface area (Å²) in [6, 6.07) is 13.3. The number of ether oxygens (including phenoxy) is 1. The average molecular weight is 280 g/mol. The summed E-state index contributed by atoms with van der Waals surface area (Å²) in [7, 11) is 1.60. The molecule has 106 valence electrons. The molecule has 3 rings (SSSR count). The molecule has 0 atom stereocenters.